The number of benzene rings is 1. The SMILES string of the molecule is C=CCCCN(C1=NCCN1)c1c(Cl)cccc1Cl. The van der Waals surface area contributed by atoms with Gasteiger partial charge in [0, 0.05) is 13.1 Å². The van der Waals surface area contributed by atoms with Crippen LogP contribution in [0.25, 0.3) is 0 Å². The van der Waals surface area contributed by atoms with Crippen molar-refractivity contribution in [3.63, 3.8) is 0 Å². The number of allylic oxidation sites excluding steroid dienone is 1. The molecule has 0 aliphatic carbocycles. The summed E-state index contributed by atoms with van der Waals surface area (Å²) in [6.07, 6.45) is 3.84. The Morgan fingerprint density at radius 1 is 1.37 bits per heavy atom. The summed E-state index contributed by atoms with van der Waals surface area (Å²) in [5.74, 6) is 0.846. The molecule has 1 aliphatic heterocycles. The van der Waals surface area contributed by atoms with Crippen LogP contribution in [-0.2, 0) is 0 Å². The van der Waals surface area contributed by atoms with Gasteiger partial charge in [-0.05, 0) is 25.0 Å². The minimum atomic E-state index is 0.641. The summed E-state index contributed by atoms with van der Waals surface area (Å²) < 4.78 is 0. The van der Waals surface area contributed by atoms with Crippen molar-refractivity contribution in [2.24, 2.45) is 4.99 Å². The smallest absolute Gasteiger partial charge is 0.198 e. The standard InChI is InChI=1S/C14H17Cl2N3/c1-2-3-4-10-19(14-17-8-9-18-14)13-11(15)6-5-7-12(13)16/h2,5-7H,1,3-4,8-10H2,(H,17,18). The Balaban J connectivity index is 2.28. The number of rotatable bonds is 5. The van der Waals surface area contributed by atoms with Gasteiger partial charge in [-0.1, -0.05) is 35.3 Å². The van der Waals surface area contributed by atoms with Crippen molar-refractivity contribution >= 4 is 34.8 Å². The molecule has 0 amide bonds. The molecule has 2 rings (SSSR count). The number of nitrogens with one attached hydrogen (secondary N) is 1. The van der Waals surface area contributed by atoms with Crippen molar-refractivity contribution in [3.8, 4) is 0 Å². The Morgan fingerprint density at radius 2 is 2.11 bits per heavy atom. The second-order valence-electron chi connectivity index (χ2n) is 4.28. The molecule has 0 aromatic heterocycles. The van der Waals surface area contributed by atoms with Crippen LogP contribution in [0.15, 0.2) is 35.8 Å². The second-order valence-corrected chi connectivity index (χ2v) is 5.10. The molecule has 1 aromatic carbocycles. The van der Waals surface area contributed by atoms with Crippen molar-refractivity contribution in [2.75, 3.05) is 24.5 Å². The van der Waals surface area contributed by atoms with Crippen LogP contribution in [0.1, 0.15) is 12.8 Å². The fraction of sp³-hybridized carbons (Fsp3) is 0.357. The molecule has 5 heteroatoms. The van der Waals surface area contributed by atoms with Crippen LogP contribution in [0.3, 0.4) is 0 Å². The lowest BCUT2D eigenvalue weighted by Crippen LogP contribution is -2.39. The van der Waals surface area contributed by atoms with E-state index >= 15 is 0 Å². The predicted octanol–water partition coefficient (Wildman–Crippen LogP) is 3.73. The van der Waals surface area contributed by atoms with E-state index in [2.05, 4.69) is 21.8 Å². The van der Waals surface area contributed by atoms with Crippen LogP contribution in [0, 0.1) is 0 Å². The van der Waals surface area contributed by atoms with Crippen LogP contribution >= 0.6 is 23.2 Å². The average Bonchev–Trinajstić information content (AvgIpc) is 2.90. The van der Waals surface area contributed by atoms with Gasteiger partial charge in [0.2, 0.25) is 0 Å². The minimum Gasteiger partial charge on any atom is -0.354 e. The normalized spacial score (nSPS) is 13.9. The Hall–Kier alpha value is -1.19. The summed E-state index contributed by atoms with van der Waals surface area (Å²) in [5.41, 5.74) is 0.822. The summed E-state index contributed by atoms with van der Waals surface area (Å²) in [4.78, 5) is 6.52. The highest BCUT2D eigenvalue weighted by Gasteiger charge is 2.20. The van der Waals surface area contributed by atoms with Gasteiger partial charge in [0.1, 0.15) is 0 Å². The molecule has 3 nitrogen and oxygen atoms in total. The number of halogens is 2. The zero-order valence-corrected chi connectivity index (χ0v) is 12.2. The molecule has 0 saturated carbocycles. The highest BCUT2D eigenvalue weighted by atomic mass is 35.5. The largest absolute Gasteiger partial charge is 0.354 e. The maximum absolute atomic E-state index is 6.29. The summed E-state index contributed by atoms with van der Waals surface area (Å²) in [6, 6.07) is 5.54. The van der Waals surface area contributed by atoms with Crippen molar-refractivity contribution in [1.29, 1.82) is 0 Å². The van der Waals surface area contributed by atoms with Crippen LogP contribution in [0.2, 0.25) is 10.0 Å². The molecule has 1 aromatic rings. The van der Waals surface area contributed by atoms with Crippen molar-refractivity contribution < 1.29 is 0 Å². The Kier molecular flexibility index (Phi) is 5.11. The number of hydrogen-bond acceptors (Lipinski definition) is 3. The van der Waals surface area contributed by atoms with Crippen LogP contribution in [0.5, 0.6) is 0 Å². The molecule has 102 valence electrons. The van der Waals surface area contributed by atoms with E-state index in [9.17, 15) is 0 Å². The topological polar surface area (TPSA) is 27.6 Å². The lowest BCUT2D eigenvalue weighted by Gasteiger charge is -2.26. The molecule has 19 heavy (non-hydrogen) atoms. The number of aliphatic imine (C=N–C) groups is 1. The van der Waals surface area contributed by atoms with E-state index in [4.69, 9.17) is 23.2 Å². The molecule has 0 fully saturated rings. The molecule has 1 aliphatic rings. The van der Waals surface area contributed by atoms with Gasteiger partial charge in [-0.25, -0.2) is 0 Å². The van der Waals surface area contributed by atoms with Crippen LogP contribution < -0.4 is 10.2 Å². The van der Waals surface area contributed by atoms with Crippen molar-refractivity contribution in [3.05, 3.63) is 40.9 Å². The zero-order valence-electron chi connectivity index (χ0n) is 10.7. The average molecular weight is 298 g/mol. The van der Waals surface area contributed by atoms with Gasteiger partial charge in [0.25, 0.3) is 0 Å². The molecule has 1 heterocycles. The Bertz CT molecular complexity index is 465. The van der Waals surface area contributed by atoms with E-state index in [1.54, 1.807) is 0 Å². The number of hydrogen-bond donors (Lipinski definition) is 1. The minimum absolute atomic E-state index is 0.641. The van der Waals surface area contributed by atoms with Gasteiger partial charge in [-0.3, -0.25) is 4.99 Å². The Labute approximate surface area is 123 Å². The van der Waals surface area contributed by atoms with Crippen molar-refractivity contribution in [2.45, 2.75) is 12.8 Å². The third-order valence-electron chi connectivity index (χ3n) is 2.91. The van der Waals surface area contributed by atoms with Gasteiger partial charge < -0.3 is 10.2 Å². The highest BCUT2D eigenvalue weighted by Crippen LogP contribution is 2.34. The highest BCUT2D eigenvalue weighted by molar-refractivity contribution is 6.40. The second kappa shape index (κ2) is 6.83. The monoisotopic (exact) mass is 297 g/mol. The van der Waals surface area contributed by atoms with Crippen molar-refractivity contribution in [1.82, 2.24) is 5.32 Å². The van der Waals surface area contributed by atoms with E-state index in [1.807, 2.05) is 24.3 Å². The first-order chi connectivity index (χ1) is 9.24. The molecule has 0 unspecified atom stereocenters. The molecular formula is C14H17Cl2N3. The third-order valence-corrected chi connectivity index (χ3v) is 3.52. The van der Waals surface area contributed by atoms with E-state index in [-0.39, 0.29) is 0 Å². The number of unbranched alkanes of at least 4 members (excludes halogenated alkanes) is 1. The summed E-state index contributed by atoms with van der Waals surface area (Å²) in [6.45, 7) is 6.20. The molecule has 0 saturated heterocycles. The summed E-state index contributed by atoms with van der Waals surface area (Å²) >= 11 is 12.6. The first-order valence-electron chi connectivity index (χ1n) is 6.35. The summed E-state index contributed by atoms with van der Waals surface area (Å²) in [7, 11) is 0. The zero-order chi connectivity index (χ0) is 13.7. The molecule has 0 bridgehead atoms. The number of guanidine groups is 1. The van der Waals surface area contributed by atoms with Gasteiger partial charge in [0.05, 0.1) is 22.3 Å². The van der Waals surface area contributed by atoms with E-state index < -0.39 is 0 Å². The molecular weight excluding hydrogens is 281 g/mol. The lowest BCUT2D eigenvalue weighted by atomic mass is 10.2. The molecule has 1 N–H and O–H groups in total. The van der Waals surface area contributed by atoms with E-state index in [0.29, 0.717) is 10.0 Å². The fourth-order valence-electron chi connectivity index (χ4n) is 2.03. The number of para-hydroxylation sites is 1. The first kappa shape index (κ1) is 14.2. The molecule has 0 atom stereocenters. The van der Waals surface area contributed by atoms with E-state index in [1.165, 1.54) is 0 Å². The Morgan fingerprint density at radius 3 is 2.68 bits per heavy atom. The predicted molar refractivity (Wildman–Crippen MR) is 83.5 cm³/mol. The van der Waals surface area contributed by atoms with Crippen LogP contribution in [-0.4, -0.2) is 25.6 Å². The van der Waals surface area contributed by atoms with Gasteiger partial charge >= 0.3 is 0 Å². The maximum Gasteiger partial charge on any atom is 0.198 e. The summed E-state index contributed by atoms with van der Waals surface area (Å²) in [5, 5.41) is 4.55. The third kappa shape index (κ3) is 3.43. The number of anilines is 1. The van der Waals surface area contributed by atoms with E-state index in [0.717, 1.165) is 44.1 Å². The number of nitrogens with zero attached hydrogens (tertiary/aromatic N) is 2. The maximum atomic E-state index is 6.29. The lowest BCUT2D eigenvalue weighted by molar-refractivity contribution is 0.825. The van der Waals surface area contributed by atoms with Gasteiger partial charge in [0.15, 0.2) is 5.96 Å². The molecule has 0 radical (unpaired) electrons. The van der Waals surface area contributed by atoms with Gasteiger partial charge in [-0.2, -0.15) is 0 Å². The molecule has 0 spiro atoms. The van der Waals surface area contributed by atoms with Gasteiger partial charge in [-0.15, -0.1) is 6.58 Å². The quantitative estimate of drug-likeness (QED) is 0.662. The van der Waals surface area contributed by atoms with Crippen LogP contribution in [0.4, 0.5) is 5.69 Å². The fourth-order valence-corrected chi connectivity index (χ4v) is 2.63. The first-order valence-corrected chi connectivity index (χ1v) is 7.10.